The number of pyridine rings is 1. The number of alkyl halides is 3. The van der Waals surface area contributed by atoms with E-state index in [1.54, 1.807) is 17.1 Å². The highest BCUT2D eigenvalue weighted by molar-refractivity contribution is 5.94. The van der Waals surface area contributed by atoms with Crippen molar-refractivity contribution in [3.63, 3.8) is 0 Å². The maximum Gasteiger partial charge on any atom is 0.573 e. The van der Waals surface area contributed by atoms with E-state index in [2.05, 4.69) is 14.8 Å². The SMILES string of the molecule is O=C(c1ccc(OC(F)(F)F)cc1)N(CCn1ccc(-c2ccncc2)n1)C1CCCC1. The highest BCUT2D eigenvalue weighted by Gasteiger charge is 2.31. The maximum atomic E-state index is 13.2. The standard InChI is InChI=1S/C23H23F3N4O2/c24-23(25,26)32-20-7-5-18(6-8-20)22(31)30(19-3-1-2-4-19)16-15-29-14-11-21(28-29)17-9-12-27-13-10-17/h5-14,19H,1-4,15-16H2. The normalized spacial score (nSPS) is 14.5. The summed E-state index contributed by atoms with van der Waals surface area (Å²) < 4.78 is 42.9. The molecule has 168 valence electrons. The van der Waals surface area contributed by atoms with Gasteiger partial charge < -0.3 is 9.64 Å². The monoisotopic (exact) mass is 444 g/mol. The number of rotatable bonds is 7. The molecule has 2 aromatic heterocycles. The molecule has 4 rings (SSSR count). The van der Waals surface area contributed by atoms with E-state index < -0.39 is 6.36 Å². The zero-order valence-corrected chi connectivity index (χ0v) is 17.3. The number of carbonyl (C=O) groups is 1. The van der Waals surface area contributed by atoms with Crippen LogP contribution in [0.25, 0.3) is 11.3 Å². The summed E-state index contributed by atoms with van der Waals surface area (Å²) in [5, 5.41) is 4.58. The van der Waals surface area contributed by atoms with Crippen molar-refractivity contribution in [3.8, 4) is 17.0 Å². The molecule has 0 aliphatic heterocycles. The van der Waals surface area contributed by atoms with Crippen LogP contribution in [0.2, 0.25) is 0 Å². The molecule has 9 heteroatoms. The molecule has 0 radical (unpaired) electrons. The summed E-state index contributed by atoms with van der Waals surface area (Å²) >= 11 is 0. The van der Waals surface area contributed by atoms with E-state index in [0.717, 1.165) is 36.9 Å². The number of benzene rings is 1. The molecule has 3 aromatic rings. The van der Waals surface area contributed by atoms with Crippen molar-refractivity contribution in [1.82, 2.24) is 19.7 Å². The lowest BCUT2D eigenvalue weighted by Crippen LogP contribution is -2.41. The second kappa shape index (κ2) is 9.42. The molecule has 1 saturated carbocycles. The zero-order valence-electron chi connectivity index (χ0n) is 17.3. The van der Waals surface area contributed by atoms with Gasteiger partial charge in [-0.3, -0.25) is 14.5 Å². The quantitative estimate of drug-likeness (QED) is 0.519. The molecule has 0 atom stereocenters. The molecule has 1 fully saturated rings. The number of hydrogen-bond acceptors (Lipinski definition) is 4. The summed E-state index contributed by atoms with van der Waals surface area (Å²) in [5.74, 6) is -0.543. The Morgan fingerprint density at radius 3 is 2.41 bits per heavy atom. The molecule has 32 heavy (non-hydrogen) atoms. The number of halogens is 3. The predicted octanol–water partition coefficient (Wildman–Crippen LogP) is 4.93. The average molecular weight is 444 g/mol. The van der Waals surface area contributed by atoms with Crippen molar-refractivity contribution in [2.24, 2.45) is 0 Å². The fraction of sp³-hybridized carbons (Fsp3) is 0.348. The molecule has 0 spiro atoms. The lowest BCUT2D eigenvalue weighted by Gasteiger charge is -2.29. The van der Waals surface area contributed by atoms with Gasteiger partial charge in [0.1, 0.15) is 5.75 Å². The van der Waals surface area contributed by atoms with Gasteiger partial charge in [0, 0.05) is 42.3 Å². The Balaban J connectivity index is 1.46. The Morgan fingerprint density at radius 1 is 1.06 bits per heavy atom. The van der Waals surface area contributed by atoms with Crippen LogP contribution in [0.1, 0.15) is 36.0 Å². The first-order valence-corrected chi connectivity index (χ1v) is 10.5. The predicted molar refractivity (Wildman–Crippen MR) is 112 cm³/mol. The van der Waals surface area contributed by atoms with Gasteiger partial charge in [0.15, 0.2) is 0 Å². The third-order valence-corrected chi connectivity index (χ3v) is 5.55. The summed E-state index contributed by atoms with van der Waals surface area (Å²) in [6.45, 7) is 0.977. The van der Waals surface area contributed by atoms with Crippen molar-refractivity contribution >= 4 is 5.91 Å². The van der Waals surface area contributed by atoms with E-state index in [4.69, 9.17) is 0 Å². The van der Waals surface area contributed by atoms with Crippen LogP contribution in [0.3, 0.4) is 0 Å². The van der Waals surface area contributed by atoms with E-state index in [1.165, 1.54) is 24.3 Å². The van der Waals surface area contributed by atoms with Gasteiger partial charge in [-0.25, -0.2) is 0 Å². The Bertz CT molecular complexity index is 1030. The van der Waals surface area contributed by atoms with E-state index in [9.17, 15) is 18.0 Å². The summed E-state index contributed by atoms with van der Waals surface area (Å²) in [5.41, 5.74) is 2.12. The molecule has 1 aliphatic carbocycles. The Labute approximate surface area is 183 Å². The third kappa shape index (κ3) is 5.46. The first-order valence-electron chi connectivity index (χ1n) is 10.5. The van der Waals surface area contributed by atoms with Crippen molar-refractivity contribution in [3.05, 3.63) is 66.6 Å². The number of aromatic nitrogens is 3. The fourth-order valence-electron chi connectivity index (χ4n) is 4.00. The van der Waals surface area contributed by atoms with Crippen LogP contribution in [0.15, 0.2) is 61.1 Å². The van der Waals surface area contributed by atoms with Crippen molar-refractivity contribution in [2.75, 3.05) is 6.54 Å². The second-order valence-electron chi connectivity index (χ2n) is 7.71. The van der Waals surface area contributed by atoms with E-state index in [1.807, 2.05) is 29.3 Å². The Hall–Kier alpha value is -3.36. The first kappa shape index (κ1) is 21.9. The first-order chi connectivity index (χ1) is 15.4. The van der Waals surface area contributed by atoms with Gasteiger partial charge in [0.05, 0.1) is 12.2 Å². The second-order valence-corrected chi connectivity index (χ2v) is 7.71. The summed E-state index contributed by atoms with van der Waals surface area (Å²) in [4.78, 5) is 19.0. The molecule has 6 nitrogen and oxygen atoms in total. The summed E-state index contributed by atoms with van der Waals surface area (Å²) in [6, 6.07) is 10.9. The van der Waals surface area contributed by atoms with Crippen LogP contribution in [0, 0.1) is 0 Å². The molecule has 1 aliphatic rings. The highest BCUT2D eigenvalue weighted by atomic mass is 19.4. The van der Waals surface area contributed by atoms with Crippen molar-refractivity contribution < 1.29 is 22.7 Å². The molecule has 0 bridgehead atoms. The van der Waals surface area contributed by atoms with Crippen LogP contribution in [-0.2, 0) is 6.54 Å². The van der Waals surface area contributed by atoms with Crippen LogP contribution in [-0.4, -0.2) is 44.5 Å². The number of amides is 1. The highest BCUT2D eigenvalue weighted by Crippen LogP contribution is 2.27. The van der Waals surface area contributed by atoms with Gasteiger partial charge in [0.2, 0.25) is 0 Å². The molecule has 0 N–H and O–H groups in total. The van der Waals surface area contributed by atoms with Crippen LogP contribution in [0.4, 0.5) is 13.2 Å². The molecule has 1 aromatic carbocycles. The van der Waals surface area contributed by atoms with Crippen LogP contribution in [0.5, 0.6) is 5.75 Å². The van der Waals surface area contributed by atoms with Gasteiger partial charge in [-0.1, -0.05) is 12.8 Å². The third-order valence-electron chi connectivity index (χ3n) is 5.55. The van der Waals surface area contributed by atoms with Crippen molar-refractivity contribution in [2.45, 2.75) is 44.6 Å². The minimum absolute atomic E-state index is 0.115. The van der Waals surface area contributed by atoms with Gasteiger partial charge in [0.25, 0.3) is 5.91 Å². The van der Waals surface area contributed by atoms with Crippen LogP contribution < -0.4 is 4.74 Å². The molecular weight excluding hydrogens is 421 g/mol. The van der Waals surface area contributed by atoms with E-state index >= 15 is 0 Å². The van der Waals surface area contributed by atoms with Gasteiger partial charge in [-0.2, -0.15) is 5.10 Å². The zero-order chi connectivity index (χ0) is 22.6. The molecule has 1 amide bonds. The molecule has 2 heterocycles. The summed E-state index contributed by atoms with van der Waals surface area (Å²) in [6.07, 6.45) is 4.47. The van der Waals surface area contributed by atoms with Crippen molar-refractivity contribution in [1.29, 1.82) is 0 Å². The fourth-order valence-corrected chi connectivity index (χ4v) is 4.00. The minimum atomic E-state index is -4.76. The lowest BCUT2D eigenvalue weighted by atomic mass is 10.1. The van der Waals surface area contributed by atoms with Gasteiger partial charge >= 0.3 is 6.36 Å². The number of ether oxygens (including phenoxy) is 1. The van der Waals surface area contributed by atoms with Crippen LogP contribution >= 0.6 is 0 Å². The molecular formula is C23H23F3N4O2. The Morgan fingerprint density at radius 2 is 1.75 bits per heavy atom. The van der Waals surface area contributed by atoms with E-state index in [-0.39, 0.29) is 17.7 Å². The molecule has 0 unspecified atom stereocenters. The lowest BCUT2D eigenvalue weighted by molar-refractivity contribution is -0.274. The maximum absolute atomic E-state index is 13.2. The number of hydrogen-bond donors (Lipinski definition) is 0. The Kier molecular flexibility index (Phi) is 6.43. The smallest absolute Gasteiger partial charge is 0.406 e. The number of carbonyl (C=O) groups excluding carboxylic acids is 1. The summed E-state index contributed by atoms with van der Waals surface area (Å²) in [7, 11) is 0. The average Bonchev–Trinajstić information content (AvgIpc) is 3.46. The van der Waals surface area contributed by atoms with Gasteiger partial charge in [-0.15, -0.1) is 13.2 Å². The topological polar surface area (TPSA) is 60.2 Å². The largest absolute Gasteiger partial charge is 0.573 e. The number of nitrogens with zero attached hydrogens (tertiary/aromatic N) is 4. The minimum Gasteiger partial charge on any atom is -0.406 e. The molecule has 0 saturated heterocycles. The van der Waals surface area contributed by atoms with Gasteiger partial charge in [-0.05, 0) is 55.3 Å². The van der Waals surface area contributed by atoms with E-state index in [0.29, 0.717) is 18.7 Å².